The van der Waals surface area contributed by atoms with Crippen molar-refractivity contribution in [2.45, 2.75) is 20.3 Å². The minimum atomic E-state index is 0.687. The zero-order chi connectivity index (χ0) is 10.4. The van der Waals surface area contributed by atoms with Gasteiger partial charge >= 0.3 is 0 Å². The summed E-state index contributed by atoms with van der Waals surface area (Å²) in [6.07, 6.45) is 1.09. The summed E-state index contributed by atoms with van der Waals surface area (Å²) in [4.78, 5) is 0. The fourth-order valence-corrected chi connectivity index (χ4v) is 1.67. The number of halogens is 1. The Morgan fingerprint density at radius 3 is 2.64 bits per heavy atom. The lowest BCUT2D eigenvalue weighted by atomic mass is 10.0. The standard InChI is InChI=1S/C12H18ClN/c1-10-3-4-12(11(2)9-10)5-7-14-8-6-13/h3-4,9,14H,5-8H2,1-2H3. The van der Waals surface area contributed by atoms with Gasteiger partial charge in [-0.1, -0.05) is 23.8 Å². The molecule has 1 rings (SSSR count). The Kier molecular flexibility index (Phi) is 4.99. The molecule has 0 unspecified atom stereocenters. The maximum absolute atomic E-state index is 5.57. The van der Waals surface area contributed by atoms with Gasteiger partial charge in [-0.15, -0.1) is 11.6 Å². The highest BCUT2D eigenvalue weighted by Crippen LogP contribution is 2.10. The molecule has 0 aliphatic carbocycles. The molecule has 0 aromatic heterocycles. The fourth-order valence-electron chi connectivity index (χ4n) is 1.54. The van der Waals surface area contributed by atoms with Crippen LogP contribution < -0.4 is 5.32 Å². The van der Waals surface area contributed by atoms with Crippen LogP contribution in [0.2, 0.25) is 0 Å². The molecule has 1 N–H and O–H groups in total. The Hall–Kier alpha value is -0.530. The third kappa shape index (κ3) is 3.69. The Labute approximate surface area is 91.5 Å². The van der Waals surface area contributed by atoms with Gasteiger partial charge < -0.3 is 5.32 Å². The first-order valence-electron chi connectivity index (χ1n) is 5.07. The molecule has 2 heteroatoms. The topological polar surface area (TPSA) is 12.0 Å². The van der Waals surface area contributed by atoms with Gasteiger partial charge in [0.15, 0.2) is 0 Å². The van der Waals surface area contributed by atoms with Crippen molar-refractivity contribution in [2.75, 3.05) is 19.0 Å². The average molecular weight is 212 g/mol. The summed E-state index contributed by atoms with van der Waals surface area (Å²) in [6, 6.07) is 6.62. The number of benzene rings is 1. The zero-order valence-corrected chi connectivity index (χ0v) is 9.69. The molecule has 1 nitrogen and oxygen atoms in total. The van der Waals surface area contributed by atoms with Gasteiger partial charge in [0.25, 0.3) is 0 Å². The third-order valence-electron chi connectivity index (χ3n) is 2.34. The summed E-state index contributed by atoms with van der Waals surface area (Å²) in [7, 11) is 0. The van der Waals surface area contributed by atoms with E-state index in [-0.39, 0.29) is 0 Å². The molecule has 0 radical (unpaired) electrons. The fraction of sp³-hybridized carbons (Fsp3) is 0.500. The summed E-state index contributed by atoms with van der Waals surface area (Å²) in [5.41, 5.74) is 4.15. The number of alkyl halides is 1. The van der Waals surface area contributed by atoms with Crippen LogP contribution in [-0.4, -0.2) is 19.0 Å². The van der Waals surface area contributed by atoms with Gasteiger partial charge in [0.05, 0.1) is 0 Å². The Morgan fingerprint density at radius 2 is 2.00 bits per heavy atom. The van der Waals surface area contributed by atoms with Crippen LogP contribution >= 0.6 is 11.6 Å². The van der Waals surface area contributed by atoms with Crippen molar-refractivity contribution in [3.8, 4) is 0 Å². The summed E-state index contributed by atoms with van der Waals surface area (Å²) >= 11 is 5.57. The number of rotatable bonds is 5. The quantitative estimate of drug-likeness (QED) is 0.584. The summed E-state index contributed by atoms with van der Waals surface area (Å²) in [5.74, 6) is 0.687. The molecule has 0 saturated heterocycles. The molecule has 1 aromatic carbocycles. The van der Waals surface area contributed by atoms with E-state index >= 15 is 0 Å². The highest BCUT2D eigenvalue weighted by Gasteiger charge is 1.97. The third-order valence-corrected chi connectivity index (χ3v) is 2.53. The maximum Gasteiger partial charge on any atom is 0.0348 e. The normalized spacial score (nSPS) is 10.5. The summed E-state index contributed by atoms with van der Waals surface area (Å²) < 4.78 is 0. The molecule has 0 atom stereocenters. The molecule has 0 heterocycles. The highest BCUT2D eigenvalue weighted by molar-refractivity contribution is 6.18. The predicted octanol–water partition coefficient (Wildman–Crippen LogP) is 2.67. The lowest BCUT2D eigenvalue weighted by Crippen LogP contribution is -2.19. The second kappa shape index (κ2) is 6.05. The molecular weight excluding hydrogens is 194 g/mol. The molecule has 0 spiro atoms. The van der Waals surface area contributed by atoms with Crippen molar-refractivity contribution >= 4 is 11.6 Å². The smallest absolute Gasteiger partial charge is 0.0348 e. The van der Waals surface area contributed by atoms with Crippen molar-refractivity contribution in [3.63, 3.8) is 0 Å². The van der Waals surface area contributed by atoms with Crippen molar-refractivity contribution in [1.82, 2.24) is 5.32 Å². The van der Waals surface area contributed by atoms with Crippen LogP contribution in [-0.2, 0) is 6.42 Å². The monoisotopic (exact) mass is 211 g/mol. The summed E-state index contributed by atoms with van der Waals surface area (Å²) in [5, 5.41) is 3.29. The molecule has 0 fully saturated rings. The largest absolute Gasteiger partial charge is 0.315 e. The first kappa shape index (κ1) is 11.5. The van der Waals surface area contributed by atoms with Crippen LogP contribution in [0.3, 0.4) is 0 Å². The van der Waals surface area contributed by atoms with Crippen LogP contribution in [0.25, 0.3) is 0 Å². The summed E-state index contributed by atoms with van der Waals surface area (Å²) in [6.45, 7) is 6.20. The second-order valence-corrected chi connectivity index (χ2v) is 4.00. The molecule has 0 amide bonds. The molecule has 78 valence electrons. The van der Waals surface area contributed by atoms with E-state index < -0.39 is 0 Å². The SMILES string of the molecule is Cc1ccc(CCNCCCl)c(C)c1. The number of hydrogen-bond acceptors (Lipinski definition) is 1. The van der Waals surface area contributed by atoms with Gasteiger partial charge in [-0.2, -0.15) is 0 Å². The highest BCUT2D eigenvalue weighted by atomic mass is 35.5. The number of nitrogens with one attached hydrogen (secondary N) is 1. The first-order valence-corrected chi connectivity index (χ1v) is 5.60. The van der Waals surface area contributed by atoms with E-state index in [1.54, 1.807) is 0 Å². The van der Waals surface area contributed by atoms with Crippen molar-refractivity contribution in [3.05, 3.63) is 34.9 Å². The van der Waals surface area contributed by atoms with Gasteiger partial charge in [0.2, 0.25) is 0 Å². The predicted molar refractivity (Wildman–Crippen MR) is 63.2 cm³/mol. The van der Waals surface area contributed by atoms with Crippen LogP contribution in [0, 0.1) is 13.8 Å². The minimum absolute atomic E-state index is 0.687. The van der Waals surface area contributed by atoms with Crippen LogP contribution in [0.5, 0.6) is 0 Å². The van der Waals surface area contributed by atoms with E-state index in [9.17, 15) is 0 Å². The van der Waals surface area contributed by atoms with Crippen LogP contribution in [0.1, 0.15) is 16.7 Å². The van der Waals surface area contributed by atoms with Crippen molar-refractivity contribution in [2.24, 2.45) is 0 Å². The van der Waals surface area contributed by atoms with Gasteiger partial charge in [-0.05, 0) is 37.9 Å². The second-order valence-electron chi connectivity index (χ2n) is 3.62. The maximum atomic E-state index is 5.57. The van der Waals surface area contributed by atoms with Gasteiger partial charge in [0.1, 0.15) is 0 Å². The lowest BCUT2D eigenvalue weighted by Gasteiger charge is -2.07. The van der Waals surface area contributed by atoms with Crippen molar-refractivity contribution < 1.29 is 0 Å². The van der Waals surface area contributed by atoms with E-state index in [1.807, 2.05) is 0 Å². The minimum Gasteiger partial charge on any atom is -0.315 e. The van der Waals surface area contributed by atoms with E-state index in [4.69, 9.17) is 11.6 Å². The van der Waals surface area contributed by atoms with E-state index in [1.165, 1.54) is 16.7 Å². The average Bonchev–Trinajstić information content (AvgIpc) is 2.15. The Balaban J connectivity index is 2.42. The molecule has 0 saturated carbocycles. The Bertz CT molecular complexity index is 284. The number of hydrogen-bond donors (Lipinski definition) is 1. The van der Waals surface area contributed by atoms with E-state index in [0.717, 1.165) is 19.5 Å². The van der Waals surface area contributed by atoms with E-state index in [2.05, 4.69) is 37.4 Å². The molecule has 1 aromatic rings. The molecule has 0 bridgehead atoms. The van der Waals surface area contributed by atoms with Gasteiger partial charge in [0, 0.05) is 12.4 Å². The molecule has 0 aliphatic rings. The lowest BCUT2D eigenvalue weighted by molar-refractivity contribution is 0.717. The van der Waals surface area contributed by atoms with Gasteiger partial charge in [-0.3, -0.25) is 0 Å². The van der Waals surface area contributed by atoms with Crippen LogP contribution in [0.4, 0.5) is 0 Å². The van der Waals surface area contributed by atoms with Gasteiger partial charge in [-0.25, -0.2) is 0 Å². The first-order chi connectivity index (χ1) is 6.74. The molecule has 0 aliphatic heterocycles. The Morgan fingerprint density at radius 1 is 1.21 bits per heavy atom. The van der Waals surface area contributed by atoms with Crippen LogP contribution in [0.15, 0.2) is 18.2 Å². The number of aryl methyl sites for hydroxylation is 2. The van der Waals surface area contributed by atoms with E-state index in [0.29, 0.717) is 5.88 Å². The van der Waals surface area contributed by atoms with Crippen molar-refractivity contribution in [1.29, 1.82) is 0 Å². The molecular formula is C12H18ClN. The molecule has 14 heavy (non-hydrogen) atoms. The zero-order valence-electron chi connectivity index (χ0n) is 8.94.